The van der Waals surface area contributed by atoms with Gasteiger partial charge in [-0.25, -0.2) is 5.48 Å². The fourth-order valence-corrected chi connectivity index (χ4v) is 1.20. The molecule has 0 saturated carbocycles. The minimum Gasteiger partial charge on any atom is -0.368 e. The lowest BCUT2D eigenvalue weighted by atomic mass is 10.4. The Bertz CT molecular complexity index is 351. The van der Waals surface area contributed by atoms with Crippen LogP contribution in [-0.4, -0.2) is 28.0 Å². The monoisotopic (exact) mass is 216 g/mol. The lowest BCUT2D eigenvalue weighted by Crippen LogP contribution is -2.29. The van der Waals surface area contributed by atoms with E-state index in [1.165, 1.54) is 0 Å². The molecule has 0 spiro atoms. The van der Waals surface area contributed by atoms with Gasteiger partial charge in [0, 0.05) is 0 Å². The van der Waals surface area contributed by atoms with Crippen LogP contribution in [0.1, 0.15) is 15.4 Å². The number of nitrogens with zero attached hydrogens (tertiary/aromatic N) is 2. The molecule has 0 aromatic carbocycles. The fourth-order valence-electron chi connectivity index (χ4n) is 0.659. The SMILES string of the molecule is Cc1nnsc1C(=O)NOCC(N)=O. The van der Waals surface area contributed by atoms with Crippen molar-refractivity contribution in [2.45, 2.75) is 6.92 Å². The van der Waals surface area contributed by atoms with Gasteiger partial charge in [-0.1, -0.05) is 4.49 Å². The van der Waals surface area contributed by atoms with Gasteiger partial charge in [-0.15, -0.1) is 5.10 Å². The summed E-state index contributed by atoms with van der Waals surface area (Å²) in [5, 5.41) is 3.64. The number of aromatic nitrogens is 2. The maximum absolute atomic E-state index is 11.3. The molecule has 0 aliphatic rings. The maximum atomic E-state index is 11.3. The molecule has 0 fully saturated rings. The molecule has 7 nitrogen and oxygen atoms in total. The van der Waals surface area contributed by atoms with Crippen LogP contribution in [0.5, 0.6) is 0 Å². The predicted octanol–water partition coefficient (Wildman–Crippen LogP) is -1.01. The van der Waals surface area contributed by atoms with Crippen LogP contribution in [0.4, 0.5) is 0 Å². The van der Waals surface area contributed by atoms with Crippen LogP contribution in [-0.2, 0) is 9.63 Å². The van der Waals surface area contributed by atoms with Crippen LogP contribution in [0.25, 0.3) is 0 Å². The molecule has 0 bridgehead atoms. The first-order valence-electron chi connectivity index (χ1n) is 3.60. The van der Waals surface area contributed by atoms with Gasteiger partial charge in [0.05, 0.1) is 5.69 Å². The third kappa shape index (κ3) is 2.75. The van der Waals surface area contributed by atoms with Gasteiger partial charge in [-0.05, 0) is 18.5 Å². The summed E-state index contributed by atoms with van der Waals surface area (Å²) in [5.41, 5.74) is 7.35. The summed E-state index contributed by atoms with van der Waals surface area (Å²) in [5.74, 6) is -1.15. The smallest absolute Gasteiger partial charge is 0.288 e. The first-order chi connectivity index (χ1) is 6.61. The average molecular weight is 216 g/mol. The van der Waals surface area contributed by atoms with E-state index in [-0.39, 0.29) is 6.61 Å². The van der Waals surface area contributed by atoms with E-state index in [2.05, 4.69) is 14.4 Å². The maximum Gasteiger partial charge on any atom is 0.288 e. The summed E-state index contributed by atoms with van der Waals surface area (Å²) in [7, 11) is 0. The molecular formula is C6H8N4O3S. The van der Waals surface area contributed by atoms with Crippen molar-refractivity contribution in [3.05, 3.63) is 10.6 Å². The van der Waals surface area contributed by atoms with E-state index < -0.39 is 11.8 Å². The van der Waals surface area contributed by atoms with E-state index in [9.17, 15) is 9.59 Å². The van der Waals surface area contributed by atoms with Crippen molar-refractivity contribution in [3.8, 4) is 0 Å². The van der Waals surface area contributed by atoms with Crippen molar-refractivity contribution in [1.29, 1.82) is 0 Å². The van der Waals surface area contributed by atoms with Gasteiger partial charge in [0.15, 0.2) is 6.61 Å². The zero-order chi connectivity index (χ0) is 10.6. The summed E-state index contributed by atoms with van der Waals surface area (Å²) in [6.07, 6.45) is 0. The number of nitrogens with one attached hydrogen (secondary N) is 1. The molecule has 0 aliphatic heterocycles. The molecule has 0 radical (unpaired) electrons. The summed E-state index contributed by atoms with van der Waals surface area (Å²) in [6.45, 7) is 1.28. The van der Waals surface area contributed by atoms with E-state index >= 15 is 0 Å². The highest BCUT2D eigenvalue weighted by Gasteiger charge is 2.12. The molecule has 1 heterocycles. The van der Waals surface area contributed by atoms with E-state index in [0.29, 0.717) is 10.6 Å². The van der Waals surface area contributed by atoms with Crippen molar-refractivity contribution < 1.29 is 14.4 Å². The molecule has 14 heavy (non-hydrogen) atoms. The quantitative estimate of drug-likeness (QED) is 0.627. The molecule has 1 aromatic rings. The molecule has 0 aliphatic carbocycles. The van der Waals surface area contributed by atoms with Gasteiger partial charge < -0.3 is 5.73 Å². The van der Waals surface area contributed by atoms with Crippen molar-refractivity contribution in [2.75, 3.05) is 6.61 Å². The van der Waals surface area contributed by atoms with Gasteiger partial charge in [0.1, 0.15) is 4.88 Å². The number of carbonyl (C=O) groups excluding carboxylic acids is 2. The summed E-state index contributed by atoms with van der Waals surface area (Å²) < 4.78 is 3.57. The standard InChI is InChI=1S/C6H8N4O3S/c1-3-5(14-10-8-3)6(12)9-13-2-4(7)11/h2H2,1H3,(H2,7,11)(H,9,12). The number of hydrogen-bond acceptors (Lipinski definition) is 6. The number of amides is 2. The van der Waals surface area contributed by atoms with Crippen molar-refractivity contribution in [3.63, 3.8) is 0 Å². The minimum atomic E-state index is -0.663. The number of hydroxylamine groups is 1. The van der Waals surface area contributed by atoms with Crippen LogP contribution in [0.3, 0.4) is 0 Å². The van der Waals surface area contributed by atoms with Crippen LogP contribution >= 0.6 is 11.5 Å². The lowest BCUT2D eigenvalue weighted by molar-refractivity contribution is -0.124. The number of aryl methyl sites for hydroxylation is 1. The lowest BCUT2D eigenvalue weighted by Gasteiger charge is -2.01. The van der Waals surface area contributed by atoms with Crippen LogP contribution in [0.2, 0.25) is 0 Å². The molecule has 0 saturated heterocycles. The molecule has 76 valence electrons. The Labute approximate surface area is 83.4 Å². The highest BCUT2D eigenvalue weighted by Crippen LogP contribution is 2.07. The van der Waals surface area contributed by atoms with Crippen molar-refractivity contribution in [2.24, 2.45) is 5.73 Å². The number of primary amides is 1. The van der Waals surface area contributed by atoms with Gasteiger partial charge in [-0.3, -0.25) is 14.4 Å². The second kappa shape index (κ2) is 4.63. The third-order valence-electron chi connectivity index (χ3n) is 1.24. The molecule has 0 atom stereocenters. The van der Waals surface area contributed by atoms with E-state index in [1.54, 1.807) is 6.92 Å². The number of carbonyl (C=O) groups is 2. The van der Waals surface area contributed by atoms with Crippen molar-refractivity contribution in [1.82, 2.24) is 15.1 Å². The Kier molecular flexibility index (Phi) is 3.48. The van der Waals surface area contributed by atoms with E-state index in [0.717, 1.165) is 11.5 Å². The second-order valence-corrected chi connectivity index (χ2v) is 3.13. The molecule has 1 rings (SSSR count). The zero-order valence-electron chi connectivity index (χ0n) is 7.31. The summed E-state index contributed by atoms with van der Waals surface area (Å²) in [6, 6.07) is 0. The number of nitrogens with two attached hydrogens (primary N) is 1. The predicted molar refractivity (Wildman–Crippen MR) is 47.3 cm³/mol. The normalized spacial score (nSPS) is 9.79. The third-order valence-corrected chi connectivity index (χ3v) is 2.06. The highest BCUT2D eigenvalue weighted by molar-refractivity contribution is 7.07. The van der Waals surface area contributed by atoms with Gasteiger partial charge >= 0.3 is 0 Å². The average Bonchev–Trinajstić information content (AvgIpc) is 2.50. The Morgan fingerprint density at radius 1 is 1.64 bits per heavy atom. The van der Waals surface area contributed by atoms with Crippen LogP contribution in [0, 0.1) is 6.92 Å². The number of hydrogen-bond donors (Lipinski definition) is 2. The topological polar surface area (TPSA) is 107 Å². The second-order valence-electron chi connectivity index (χ2n) is 2.37. The zero-order valence-corrected chi connectivity index (χ0v) is 8.13. The molecular weight excluding hydrogens is 208 g/mol. The van der Waals surface area contributed by atoms with Gasteiger partial charge in [0.25, 0.3) is 5.91 Å². The Hall–Kier alpha value is -1.54. The molecule has 0 unspecified atom stereocenters. The minimum absolute atomic E-state index is 0.342. The van der Waals surface area contributed by atoms with Crippen molar-refractivity contribution >= 4 is 23.3 Å². The summed E-state index contributed by atoms with van der Waals surface area (Å²) in [4.78, 5) is 26.4. The Morgan fingerprint density at radius 2 is 2.36 bits per heavy atom. The fraction of sp³-hybridized carbons (Fsp3) is 0.333. The van der Waals surface area contributed by atoms with E-state index in [1.807, 2.05) is 5.48 Å². The highest BCUT2D eigenvalue weighted by atomic mass is 32.1. The summed E-state index contributed by atoms with van der Waals surface area (Å²) >= 11 is 0.947. The van der Waals surface area contributed by atoms with Gasteiger partial charge in [-0.2, -0.15) is 0 Å². The Morgan fingerprint density at radius 3 is 2.86 bits per heavy atom. The first-order valence-corrected chi connectivity index (χ1v) is 4.38. The molecule has 8 heteroatoms. The molecule has 1 aromatic heterocycles. The molecule has 3 N–H and O–H groups in total. The molecule has 2 amide bonds. The Balaban J connectivity index is 2.44. The van der Waals surface area contributed by atoms with Gasteiger partial charge in [0.2, 0.25) is 5.91 Å². The van der Waals surface area contributed by atoms with E-state index in [4.69, 9.17) is 5.73 Å². The van der Waals surface area contributed by atoms with Crippen LogP contribution in [0.15, 0.2) is 0 Å². The van der Waals surface area contributed by atoms with Crippen LogP contribution < -0.4 is 11.2 Å². The number of rotatable bonds is 4. The first kappa shape index (κ1) is 10.5. The largest absolute Gasteiger partial charge is 0.368 e.